The summed E-state index contributed by atoms with van der Waals surface area (Å²) in [5.41, 5.74) is 0.422. The van der Waals surface area contributed by atoms with E-state index in [-0.39, 0.29) is 0 Å². The second-order valence-corrected chi connectivity index (χ2v) is 5.33. The molecule has 1 atom stereocenters. The number of nitrogens with one attached hydrogen (secondary N) is 1. The van der Waals surface area contributed by atoms with Crippen molar-refractivity contribution in [3.05, 3.63) is 29.8 Å². The third-order valence-electron chi connectivity index (χ3n) is 3.09. The summed E-state index contributed by atoms with van der Waals surface area (Å²) in [5, 5.41) is 11.4. The number of carbonyl (C=O) groups is 2. The van der Waals surface area contributed by atoms with Gasteiger partial charge < -0.3 is 15.2 Å². The maximum Gasteiger partial charge on any atom is 0.326 e. The summed E-state index contributed by atoms with van der Waals surface area (Å²) in [6, 6.07) is 5.84. The number of carboxylic acids is 1. The number of ether oxygens (including phenoxy) is 1. The Balaban J connectivity index is 2.56. The molecule has 0 fully saturated rings. The molecule has 1 rings (SSSR count). The van der Waals surface area contributed by atoms with Gasteiger partial charge in [-0.1, -0.05) is 20.8 Å². The fourth-order valence-electron chi connectivity index (χ4n) is 1.70. The SMILES string of the molecule is CCC(NC(=O)c1ccc(OCCC(C)C)cc1)C(=O)O. The number of hydrogen-bond donors (Lipinski definition) is 2. The maximum absolute atomic E-state index is 11.9. The third-order valence-corrected chi connectivity index (χ3v) is 3.09. The lowest BCUT2D eigenvalue weighted by Gasteiger charge is -2.12. The fourth-order valence-corrected chi connectivity index (χ4v) is 1.70. The van der Waals surface area contributed by atoms with Crippen molar-refractivity contribution in [1.29, 1.82) is 0 Å². The Morgan fingerprint density at radius 1 is 1.24 bits per heavy atom. The van der Waals surface area contributed by atoms with Gasteiger partial charge in [0.1, 0.15) is 11.8 Å². The molecule has 116 valence electrons. The molecule has 0 spiro atoms. The van der Waals surface area contributed by atoms with Crippen LogP contribution in [-0.2, 0) is 4.79 Å². The Kier molecular flexibility index (Phi) is 6.72. The Hall–Kier alpha value is -2.04. The van der Waals surface area contributed by atoms with Crippen LogP contribution in [0.5, 0.6) is 5.75 Å². The van der Waals surface area contributed by atoms with Crippen LogP contribution >= 0.6 is 0 Å². The summed E-state index contributed by atoms with van der Waals surface area (Å²) in [6.45, 7) is 6.61. The zero-order chi connectivity index (χ0) is 15.8. The van der Waals surface area contributed by atoms with Crippen molar-refractivity contribution in [2.24, 2.45) is 5.92 Å². The molecule has 5 nitrogen and oxygen atoms in total. The Bertz CT molecular complexity index is 468. The van der Waals surface area contributed by atoms with E-state index in [1.54, 1.807) is 31.2 Å². The normalized spacial score (nSPS) is 12.0. The zero-order valence-electron chi connectivity index (χ0n) is 12.8. The van der Waals surface area contributed by atoms with Crippen LogP contribution < -0.4 is 10.1 Å². The molecule has 0 saturated heterocycles. The van der Waals surface area contributed by atoms with Gasteiger partial charge in [0.05, 0.1) is 6.61 Å². The first-order valence-corrected chi connectivity index (χ1v) is 7.20. The van der Waals surface area contributed by atoms with Crippen LogP contribution in [0.2, 0.25) is 0 Å². The van der Waals surface area contributed by atoms with Gasteiger partial charge in [-0.3, -0.25) is 4.79 Å². The van der Waals surface area contributed by atoms with E-state index in [1.807, 2.05) is 0 Å². The van der Waals surface area contributed by atoms with Crippen molar-refractivity contribution < 1.29 is 19.4 Å². The average molecular weight is 293 g/mol. The van der Waals surface area contributed by atoms with Gasteiger partial charge in [-0.25, -0.2) is 4.79 Å². The van der Waals surface area contributed by atoms with Crippen LogP contribution in [0.15, 0.2) is 24.3 Å². The lowest BCUT2D eigenvalue weighted by Crippen LogP contribution is -2.40. The average Bonchev–Trinajstić information content (AvgIpc) is 2.44. The van der Waals surface area contributed by atoms with Gasteiger partial charge in [0.15, 0.2) is 0 Å². The summed E-state index contributed by atoms with van der Waals surface area (Å²) in [7, 11) is 0. The topological polar surface area (TPSA) is 75.6 Å². The van der Waals surface area contributed by atoms with E-state index in [9.17, 15) is 9.59 Å². The largest absolute Gasteiger partial charge is 0.494 e. The van der Waals surface area contributed by atoms with Gasteiger partial charge >= 0.3 is 5.97 Å². The van der Waals surface area contributed by atoms with Crippen LogP contribution in [0.25, 0.3) is 0 Å². The second kappa shape index (κ2) is 8.29. The maximum atomic E-state index is 11.9. The standard InChI is InChI=1S/C16H23NO4/c1-4-14(16(19)20)17-15(18)12-5-7-13(8-6-12)21-10-9-11(2)3/h5-8,11,14H,4,9-10H2,1-3H3,(H,17,18)(H,19,20). The van der Waals surface area contributed by atoms with E-state index in [4.69, 9.17) is 9.84 Å². The minimum Gasteiger partial charge on any atom is -0.494 e. The molecular weight excluding hydrogens is 270 g/mol. The monoisotopic (exact) mass is 293 g/mol. The van der Waals surface area contributed by atoms with E-state index in [0.29, 0.717) is 30.3 Å². The zero-order valence-corrected chi connectivity index (χ0v) is 12.8. The molecule has 1 aromatic carbocycles. The number of rotatable bonds is 8. The molecule has 1 amide bonds. The van der Waals surface area contributed by atoms with Gasteiger partial charge in [-0.15, -0.1) is 0 Å². The molecule has 21 heavy (non-hydrogen) atoms. The summed E-state index contributed by atoms with van der Waals surface area (Å²) < 4.78 is 5.57. The van der Waals surface area contributed by atoms with E-state index in [0.717, 1.165) is 6.42 Å². The van der Waals surface area contributed by atoms with E-state index < -0.39 is 17.9 Å². The second-order valence-electron chi connectivity index (χ2n) is 5.33. The van der Waals surface area contributed by atoms with Crippen molar-refractivity contribution in [3.63, 3.8) is 0 Å². The fraction of sp³-hybridized carbons (Fsp3) is 0.500. The molecule has 1 unspecified atom stereocenters. The van der Waals surface area contributed by atoms with E-state index >= 15 is 0 Å². The van der Waals surface area contributed by atoms with Crippen LogP contribution in [0.4, 0.5) is 0 Å². The molecular formula is C16H23NO4. The van der Waals surface area contributed by atoms with Gasteiger partial charge in [0.25, 0.3) is 5.91 Å². The molecule has 1 aromatic rings. The van der Waals surface area contributed by atoms with Crippen LogP contribution in [0.3, 0.4) is 0 Å². The summed E-state index contributed by atoms with van der Waals surface area (Å²) in [4.78, 5) is 22.8. The first-order valence-electron chi connectivity index (χ1n) is 7.20. The van der Waals surface area contributed by atoms with E-state index in [2.05, 4.69) is 19.2 Å². The molecule has 2 N–H and O–H groups in total. The van der Waals surface area contributed by atoms with Crippen LogP contribution in [-0.4, -0.2) is 29.6 Å². The highest BCUT2D eigenvalue weighted by Crippen LogP contribution is 2.13. The molecule has 0 bridgehead atoms. The summed E-state index contributed by atoms with van der Waals surface area (Å²) >= 11 is 0. The number of aliphatic carboxylic acids is 1. The van der Waals surface area contributed by atoms with Crippen molar-refractivity contribution in [2.75, 3.05) is 6.61 Å². The number of carboxylic acid groups (broad SMARTS) is 1. The Labute approximate surface area is 125 Å². The minimum absolute atomic E-state index is 0.345. The Morgan fingerprint density at radius 3 is 2.33 bits per heavy atom. The molecule has 0 aliphatic rings. The number of benzene rings is 1. The molecule has 0 aromatic heterocycles. The molecule has 0 heterocycles. The predicted octanol–water partition coefficient (Wildman–Crippen LogP) is 2.70. The van der Waals surface area contributed by atoms with Crippen molar-refractivity contribution in [3.8, 4) is 5.75 Å². The van der Waals surface area contributed by atoms with Gasteiger partial charge in [0.2, 0.25) is 0 Å². The number of amides is 1. The Morgan fingerprint density at radius 2 is 1.86 bits per heavy atom. The first kappa shape index (κ1) is 17.0. The van der Waals surface area contributed by atoms with Crippen molar-refractivity contribution in [1.82, 2.24) is 5.32 Å². The molecule has 0 radical (unpaired) electrons. The van der Waals surface area contributed by atoms with Crippen molar-refractivity contribution in [2.45, 2.75) is 39.7 Å². The highest BCUT2D eigenvalue weighted by molar-refractivity contribution is 5.96. The highest BCUT2D eigenvalue weighted by atomic mass is 16.5. The number of carbonyl (C=O) groups excluding carboxylic acids is 1. The molecule has 0 aliphatic carbocycles. The van der Waals surface area contributed by atoms with Gasteiger partial charge in [-0.05, 0) is 43.0 Å². The summed E-state index contributed by atoms with van der Waals surface area (Å²) in [6.07, 6.45) is 1.32. The van der Waals surface area contributed by atoms with Crippen LogP contribution in [0.1, 0.15) is 44.0 Å². The van der Waals surface area contributed by atoms with Gasteiger partial charge in [0, 0.05) is 5.56 Å². The van der Waals surface area contributed by atoms with Gasteiger partial charge in [-0.2, -0.15) is 0 Å². The molecule has 0 aliphatic heterocycles. The number of hydrogen-bond acceptors (Lipinski definition) is 3. The third kappa shape index (κ3) is 5.85. The lowest BCUT2D eigenvalue weighted by atomic mass is 10.1. The van der Waals surface area contributed by atoms with Crippen molar-refractivity contribution >= 4 is 11.9 Å². The lowest BCUT2D eigenvalue weighted by molar-refractivity contribution is -0.139. The minimum atomic E-state index is -1.03. The molecule has 0 saturated carbocycles. The van der Waals surface area contributed by atoms with Crippen LogP contribution in [0, 0.1) is 5.92 Å². The summed E-state index contributed by atoms with van der Waals surface area (Å²) in [5.74, 6) is -0.132. The molecule has 5 heteroatoms. The highest BCUT2D eigenvalue weighted by Gasteiger charge is 2.18. The quantitative estimate of drug-likeness (QED) is 0.772. The smallest absolute Gasteiger partial charge is 0.326 e. The van der Waals surface area contributed by atoms with E-state index in [1.165, 1.54) is 0 Å². The predicted molar refractivity (Wildman–Crippen MR) is 80.6 cm³/mol. The first-order chi connectivity index (χ1) is 9.93.